The molecule has 0 spiro atoms. The molecule has 4 aromatic rings. The maximum atomic E-state index is 12.6. The molecule has 0 aliphatic heterocycles. The second kappa shape index (κ2) is 6.67. The highest BCUT2D eigenvalue weighted by molar-refractivity contribution is 5.62. The third-order valence-corrected chi connectivity index (χ3v) is 4.05. The van der Waals surface area contributed by atoms with Gasteiger partial charge in [-0.2, -0.15) is 14.5 Å². The lowest BCUT2D eigenvalue weighted by molar-refractivity contribution is 0.414. The van der Waals surface area contributed by atoms with Gasteiger partial charge in [0.05, 0.1) is 25.5 Å². The summed E-state index contributed by atoms with van der Waals surface area (Å²) >= 11 is 0. The van der Waals surface area contributed by atoms with Crippen molar-refractivity contribution in [2.45, 2.75) is 6.54 Å². The smallest absolute Gasteiger partial charge is 0.368 e. The Hall–Kier alpha value is -3.68. The molecule has 2 heterocycles. The van der Waals surface area contributed by atoms with Crippen molar-refractivity contribution in [2.75, 3.05) is 7.11 Å². The van der Waals surface area contributed by atoms with Crippen LogP contribution in [0.25, 0.3) is 16.8 Å². The van der Waals surface area contributed by atoms with Gasteiger partial charge in [-0.15, -0.1) is 0 Å². The maximum Gasteiger partial charge on any atom is 0.368 e. The van der Waals surface area contributed by atoms with E-state index < -0.39 is 0 Å². The fourth-order valence-electron chi connectivity index (χ4n) is 2.68. The number of aromatic amines is 1. The standard InChI is InChI=1S/C18H16N6O2/c1-26-17-4-2-3-13(9-17)12-23-18(25)24(22-21-23)16-7-5-14(6-8-16)15-10-19-20-11-15/h2-11H,12H2,1H3,(H,19,20). The molecule has 0 saturated carbocycles. The predicted octanol–water partition coefficient (Wildman–Crippen LogP) is 1.88. The van der Waals surface area contributed by atoms with Crippen molar-refractivity contribution in [3.05, 3.63) is 77.0 Å². The number of hydrogen-bond acceptors (Lipinski definition) is 5. The Morgan fingerprint density at radius 2 is 1.92 bits per heavy atom. The van der Waals surface area contributed by atoms with Crippen molar-refractivity contribution < 1.29 is 4.74 Å². The van der Waals surface area contributed by atoms with Crippen molar-refractivity contribution in [1.29, 1.82) is 0 Å². The van der Waals surface area contributed by atoms with Crippen molar-refractivity contribution in [1.82, 2.24) is 30.0 Å². The molecule has 0 atom stereocenters. The molecule has 2 aromatic heterocycles. The van der Waals surface area contributed by atoms with Crippen LogP contribution in [0.2, 0.25) is 0 Å². The van der Waals surface area contributed by atoms with Gasteiger partial charge in [-0.1, -0.05) is 24.3 Å². The highest BCUT2D eigenvalue weighted by atomic mass is 16.5. The normalized spacial score (nSPS) is 10.8. The summed E-state index contributed by atoms with van der Waals surface area (Å²) in [6, 6.07) is 15.0. The minimum Gasteiger partial charge on any atom is -0.497 e. The first-order valence-electron chi connectivity index (χ1n) is 8.00. The Bertz CT molecular complexity index is 1060. The van der Waals surface area contributed by atoms with Gasteiger partial charge < -0.3 is 4.74 Å². The molecule has 2 aromatic carbocycles. The Balaban J connectivity index is 1.60. The highest BCUT2D eigenvalue weighted by Crippen LogP contribution is 2.18. The average molecular weight is 348 g/mol. The number of hydrogen-bond donors (Lipinski definition) is 1. The summed E-state index contributed by atoms with van der Waals surface area (Å²) in [6.07, 6.45) is 3.55. The van der Waals surface area contributed by atoms with Gasteiger partial charge in [0.1, 0.15) is 5.75 Å². The Morgan fingerprint density at radius 3 is 2.65 bits per heavy atom. The number of nitrogens with one attached hydrogen (secondary N) is 1. The van der Waals surface area contributed by atoms with Crippen molar-refractivity contribution in [3.63, 3.8) is 0 Å². The first kappa shape index (κ1) is 15.8. The maximum absolute atomic E-state index is 12.6. The molecule has 8 nitrogen and oxygen atoms in total. The lowest BCUT2D eigenvalue weighted by atomic mass is 10.1. The van der Waals surface area contributed by atoms with E-state index in [2.05, 4.69) is 20.6 Å². The number of benzene rings is 2. The van der Waals surface area contributed by atoms with Crippen LogP contribution in [-0.4, -0.2) is 37.1 Å². The highest BCUT2D eigenvalue weighted by Gasteiger charge is 2.10. The van der Waals surface area contributed by atoms with E-state index in [4.69, 9.17) is 4.74 Å². The van der Waals surface area contributed by atoms with Gasteiger partial charge in [-0.3, -0.25) is 5.10 Å². The van der Waals surface area contributed by atoms with E-state index in [-0.39, 0.29) is 5.69 Å². The second-order valence-electron chi connectivity index (χ2n) is 5.72. The fourth-order valence-corrected chi connectivity index (χ4v) is 2.68. The van der Waals surface area contributed by atoms with Crippen LogP contribution in [0.1, 0.15) is 5.56 Å². The minimum atomic E-state index is -0.302. The van der Waals surface area contributed by atoms with Gasteiger partial charge >= 0.3 is 5.69 Å². The van der Waals surface area contributed by atoms with E-state index in [1.54, 1.807) is 13.3 Å². The zero-order chi connectivity index (χ0) is 17.9. The largest absolute Gasteiger partial charge is 0.497 e. The summed E-state index contributed by atoms with van der Waals surface area (Å²) in [4.78, 5) is 12.6. The van der Waals surface area contributed by atoms with Gasteiger partial charge in [-0.25, -0.2) is 4.79 Å². The van der Waals surface area contributed by atoms with Gasteiger partial charge in [-0.05, 0) is 45.8 Å². The first-order valence-corrected chi connectivity index (χ1v) is 8.00. The van der Waals surface area contributed by atoms with Crippen molar-refractivity contribution >= 4 is 0 Å². The number of rotatable bonds is 5. The molecular weight excluding hydrogens is 332 g/mol. The van der Waals surface area contributed by atoms with Gasteiger partial charge in [0.2, 0.25) is 0 Å². The molecule has 0 aliphatic rings. The van der Waals surface area contributed by atoms with Crippen LogP contribution in [-0.2, 0) is 6.54 Å². The van der Waals surface area contributed by atoms with E-state index in [1.165, 1.54) is 9.36 Å². The predicted molar refractivity (Wildman–Crippen MR) is 95.3 cm³/mol. The molecule has 26 heavy (non-hydrogen) atoms. The van der Waals surface area contributed by atoms with Crippen LogP contribution in [0.5, 0.6) is 5.75 Å². The zero-order valence-electron chi connectivity index (χ0n) is 14.0. The molecule has 0 bridgehead atoms. The summed E-state index contributed by atoms with van der Waals surface area (Å²) in [5.74, 6) is 0.734. The summed E-state index contributed by atoms with van der Waals surface area (Å²) < 4.78 is 7.80. The van der Waals surface area contributed by atoms with Gasteiger partial charge in [0, 0.05) is 11.8 Å². The molecule has 0 aliphatic carbocycles. The fraction of sp³-hybridized carbons (Fsp3) is 0.111. The molecule has 8 heteroatoms. The van der Waals surface area contributed by atoms with Gasteiger partial charge in [0.25, 0.3) is 0 Å². The molecule has 0 radical (unpaired) electrons. The summed E-state index contributed by atoms with van der Waals surface area (Å²) in [6.45, 7) is 0.323. The van der Waals surface area contributed by atoms with E-state index in [0.717, 1.165) is 22.4 Å². The van der Waals surface area contributed by atoms with Crippen LogP contribution in [0.4, 0.5) is 0 Å². The van der Waals surface area contributed by atoms with Crippen LogP contribution in [0.15, 0.2) is 65.7 Å². The number of nitrogens with zero attached hydrogens (tertiary/aromatic N) is 5. The zero-order valence-corrected chi connectivity index (χ0v) is 14.0. The topological polar surface area (TPSA) is 90.6 Å². The number of ether oxygens (including phenoxy) is 1. The molecule has 130 valence electrons. The lowest BCUT2D eigenvalue weighted by Crippen LogP contribution is -2.24. The molecular formula is C18H16N6O2. The van der Waals surface area contributed by atoms with Crippen LogP contribution < -0.4 is 10.4 Å². The summed E-state index contributed by atoms with van der Waals surface area (Å²) in [7, 11) is 1.61. The van der Waals surface area contributed by atoms with Crippen molar-refractivity contribution in [2.24, 2.45) is 0 Å². The second-order valence-corrected chi connectivity index (χ2v) is 5.72. The molecule has 0 saturated heterocycles. The van der Waals surface area contributed by atoms with Crippen LogP contribution in [0, 0.1) is 0 Å². The number of methoxy groups -OCH3 is 1. The molecule has 1 N–H and O–H groups in total. The van der Waals surface area contributed by atoms with E-state index in [0.29, 0.717) is 12.2 Å². The SMILES string of the molecule is COc1cccc(Cn2nnn(-c3ccc(-c4cn[nH]c4)cc3)c2=O)c1. The third kappa shape index (κ3) is 3.00. The quantitative estimate of drug-likeness (QED) is 0.595. The number of tetrazole rings is 1. The van der Waals surface area contributed by atoms with Crippen molar-refractivity contribution in [3.8, 4) is 22.6 Å². The summed E-state index contributed by atoms with van der Waals surface area (Å²) in [5, 5.41) is 14.7. The molecule has 0 fully saturated rings. The van der Waals surface area contributed by atoms with E-state index in [9.17, 15) is 4.79 Å². The van der Waals surface area contributed by atoms with Crippen LogP contribution >= 0.6 is 0 Å². The lowest BCUT2D eigenvalue weighted by Gasteiger charge is -2.03. The Morgan fingerprint density at radius 1 is 1.08 bits per heavy atom. The number of H-pyrrole nitrogens is 1. The Kier molecular flexibility index (Phi) is 4.06. The summed E-state index contributed by atoms with van der Waals surface area (Å²) in [5.41, 5.74) is 3.24. The Labute approximate surface area is 148 Å². The molecule has 0 amide bonds. The van der Waals surface area contributed by atoms with E-state index in [1.807, 2.05) is 54.7 Å². The molecule has 0 unspecified atom stereocenters. The minimum absolute atomic E-state index is 0.302. The number of aromatic nitrogens is 6. The average Bonchev–Trinajstić information content (AvgIpc) is 3.33. The van der Waals surface area contributed by atoms with Crippen LogP contribution in [0.3, 0.4) is 0 Å². The monoisotopic (exact) mass is 348 g/mol. The first-order chi connectivity index (χ1) is 12.7. The van der Waals surface area contributed by atoms with E-state index >= 15 is 0 Å². The third-order valence-electron chi connectivity index (χ3n) is 4.05. The van der Waals surface area contributed by atoms with Gasteiger partial charge in [0.15, 0.2) is 0 Å². The molecule has 4 rings (SSSR count).